The maximum absolute atomic E-state index is 11.3. The summed E-state index contributed by atoms with van der Waals surface area (Å²) in [6.07, 6.45) is 0. The van der Waals surface area contributed by atoms with Crippen LogP contribution >= 0.6 is 0 Å². The Labute approximate surface area is 116 Å². The molecule has 0 aliphatic heterocycles. The van der Waals surface area contributed by atoms with Gasteiger partial charge in [-0.15, -0.1) is 0 Å². The van der Waals surface area contributed by atoms with Crippen molar-refractivity contribution in [2.45, 2.75) is 6.54 Å². The fourth-order valence-corrected chi connectivity index (χ4v) is 1.79. The lowest BCUT2D eigenvalue weighted by atomic mass is 10.2. The Bertz CT molecular complexity index is 657. The van der Waals surface area contributed by atoms with Crippen LogP contribution in [0.15, 0.2) is 40.8 Å². The predicted molar refractivity (Wildman–Crippen MR) is 73.6 cm³/mol. The summed E-state index contributed by atoms with van der Waals surface area (Å²) in [5, 5.41) is 8.88. The third-order valence-electron chi connectivity index (χ3n) is 2.83. The second kappa shape index (κ2) is 5.91. The van der Waals surface area contributed by atoms with Gasteiger partial charge in [-0.25, -0.2) is 5.84 Å². The van der Waals surface area contributed by atoms with Gasteiger partial charge in [-0.2, -0.15) is 5.26 Å². The molecule has 0 saturated carbocycles. The number of nitrogens with zero attached hydrogens (tertiary/aromatic N) is 2. The number of nitriles is 1. The van der Waals surface area contributed by atoms with Crippen LogP contribution in [-0.2, 0) is 6.54 Å². The SMILES string of the molecule is CN(Cc1ccc(C(=O)NN)o1)c1cccc(C#N)c1. The highest BCUT2D eigenvalue weighted by molar-refractivity contribution is 5.90. The molecule has 0 saturated heterocycles. The molecule has 0 unspecified atom stereocenters. The largest absolute Gasteiger partial charge is 0.454 e. The molecule has 3 N–H and O–H groups in total. The van der Waals surface area contributed by atoms with E-state index in [0.29, 0.717) is 17.9 Å². The number of nitrogen functional groups attached to an aromatic ring is 1. The molecule has 2 aromatic rings. The number of amides is 1. The number of furan rings is 1. The molecule has 0 fully saturated rings. The molecule has 0 spiro atoms. The number of carbonyl (C=O) groups excluding carboxylic acids is 1. The molecular weight excluding hydrogens is 256 g/mol. The minimum absolute atomic E-state index is 0.168. The van der Waals surface area contributed by atoms with E-state index in [1.165, 1.54) is 0 Å². The molecule has 6 nitrogen and oxygen atoms in total. The minimum atomic E-state index is -0.467. The van der Waals surface area contributed by atoms with Gasteiger partial charge >= 0.3 is 5.91 Å². The molecule has 0 aliphatic carbocycles. The Morgan fingerprint density at radius 2 is 2.25 bits per heavy atom. The molecule has 0 aliphatic rings. The lowest BCUT2D eigenvalue weighted by Gasteiger charge is -2.17. The van der Waals surface area contributed by atoms with Gasteiger partial charge in [-0.3, -0.25) is 10.2 Å². The highest BCUT2D eigenvalue weighted by Gasteiger charge is 2.11. The molecule has 102 valence electrons. The molecule has 0 bridgehead atoms. The van der Waals surface area contributed by atoms with Crippen molar-refractivity contribution < 1.29 is 9.21 Å². The lowest BCUT2D eigenvalue weighted by molar-refractivity contribution is 0.0924. The Morgan fingerprint density at radius 3 is 2.95 bits per heavy atom. The summed E-state index contributed by atoms with van der Waals surface area (Å²) in [6, 6.07) is 12.6. The monoisotopic (exact) mass is 270 g/mol. The molecule has 6 heteroatoms. The molecule has 1 amide bonds. The van der Waals surface area contributed by atoms with Crippen LogP contribution in [0.3, 0.4) is 0 Å². The normalized spacial score (nSPS) is 9.85. The topological polar surface area (TPSA) is 95.3 Å². The third-order valence-corrected chi connectivity index (χ3v) is 2.83. The Hall–Kier alpha value is -2.78. The summed E-state index contributed by atoms with van der Waals surface area (Å²) in [5.41, 5.74) is 3.50. The Balaban J connectivity index is 2.11. The molecule has 1 heterocycles. The zero-order chi connectivity index (χ0) is 14.5. The van der Waals surface area contributed by atoms with Crippen molar-refractivity contribution >= 4 is 11.6 Å². The first-order valence-electron chi connectivity index (χ1n) is 5.95. The zero-order valence-corrected chi connectivity index (χ0v) is 11.0. The van der Waals surface area contributed by atoms with Gasteiger partial charge in [0.1, 0.15) is 5.76 Å². The van der Waals surface area contributed by atoms with E-state index in [1.807, 2.05) is 29.5 Å². The molecule has 2 rings (SSSR count). The average Bonchev–Trinajstić information content (AvgIpc) is 2.95. The van der Waals surface area contributed by atoms with Gasteiger partial charge in [-0.05, 0) is 30.3 Å². The molecule has 20 heavy (non-hydrogen) atoms. The summed E-state index contributed by atoms with van der Waals surface area (Å²) >= 11 is 0. The van der Waals surface area contributed by atoms with Crippen LogP contribution in [0, 0.1) is 11.3 Å². The third kappa shape index (κ3) is 2.96. The quantitative estimate of drug-likeness (QED) is 0.497. The summed E-state index contributed by atoms with van der Waals surface area (Å²) < 4.78 is 5.39. The van der Waals surface area contributed by atoms with Crippen molar-refractivity contribution in [2.24, 2.45) is 5.84 Å². The van der Waals surface area contributed by atoms with Gasteiger partial charge in [-0.1, -0.05) is 6.07 Å². The number of hydrogen-bond donors (Lipinski definition) is 2. The number of hydrazine groups is 1. The van der Waals surface area contributed by atoms with Crippen LogP contribution in [0.5, 0.6) is 0 Å². The first-order chi connectivity index (χ1) is 9.63. The summed E-state index contributed by atoms with van der Waals surface area (Å²) in [7, 11) is 1.88. The molecule has 1 aromatic carbocycles. The second-order valence-corrected chi connectivity index (χ2v) is 4.26. The van der Waals surface area contributed by atoms with Crippen molar-refractivity contribution in [1.82, 2.24) is 5.43 Å². The van der Waals surface area contributed by atoms with Crippen LogP contribution in [0.4, 0.5) is 5.69 Å². The van der Waals surface area contributed by atoms with Gasteiger partial charge in [0.2, 0.25) is 0 Å². The predicted octanol–water partition coefficient (Wildman–Crippen LogP) is 1.39. The molecular formula is C14H14N4O2. The van der Waals surface area contributed by atoms with Crippen molar-refractivity contribution in [3.8, 4) is 6.07 Å². The Kier molecular flexibility index (Phi) is 4.03. The van der Waals surface area contributed by atoms with E-state index in [1.54, 1.807) is 24.3 Å². The molecule has 1 aromatic heterocycles. The van der Waals surface area contributed by atoms with E-state index >= 15 is 0 Å². The molecule has 0 radical (unpaired) electrons. The maximum atomic E-state index is 11.3. The minimum Gasteiger partial charge on any atom is -0.454 e. The van der Waals surface area contributed by atoms with E-state index in [2.05, 4.69) is 6.07 Å². The van der Waals surface area contributed by atoms with E-state index in [0.717, 1.165) is 5.69 Å². The van der Waals surface area contributed by atoms with Crippen LogP contribution in [-0.4, -0.2) is 13.0 Å². The van der Waals surface area contributed by atoms with E-state index < -0.39 is 5.91 Å². The van der Waals surface area contributed by atoms with Gasteiger partial charge < -0.3 is 9.32 Å². The Morgan fingerprint density at radius 1 is 1.45 bits per heavy atom. The smallest absolute Gasteiger partial charge is 0.300 e. The van der Waals surface area contributed by atoms with E-state index in [9.17, 15) is 4.79 Å². The van der Waals surface area contributed by atoms with Crippen molar-refractivity contribution in [1.29, 1.82) is 5.26 Å². The van der Waals surface area contributed by atoms with Crippen LogP contribution < -0.4 is 16.2 Å². The van der Waals surface area contributed by atoms with Crippen LogP contribution in [0.1, 0.15) is 21.9 Å². The zero-order valence-electron chi connectivity index (χ0n) is 11.0. The number of anilines is 1. The van der Waals surface area contributed by atoms with Gasteiger partial charge in [0.25, 0.3) is 0 Å². The van der Waals surface area contributed by atoms with Crippen molar-refractivity contribution in [3.05, 3.63) is 53.5 Å². The lowest BCUT2D eigenvalue weighted by Crippen LogP contribution is -2.29. The van der Waals surface area contributed by atoms with Crippen molar-refractivity contribution in [3.63, 3.8) is 0 Å². The summed E-state index contributed by atoms with van der Waals surface area (Å²) in [6.45, 7) is 0.479. The first-order valence-corrected chi connectivity index (χ1v) is 5.95. The van der Waals surface area contributed by atoms with Crippen LogP contribution in [0.2, 0.25) is 0 Å². The number of rotatable bonds is 4. The number of nitrogens with one attached hydrogen (secondary N) is 1. The number of carbonyl (C=O) groups is 1. The van der Waals surface area contributed by atoms with Crippen LogP contribution in [0.25, 0.3) is 0 Å². The van der Waals surface area contributed by atoms with Crippen molar-refractivity contribution in [2.75, 3.05) is 11.9 Å². The highest BCUT2D eigenvalue weighted by atomic mass is 16.4. The number of benzene rings is 1. The number of nitrogens with two attached hydrogens (primary N) is 1. The van der Waals surface area contributed by atoms with E-state index in [-0.39, 0.29) is 5.76 Å². The summed E-state index contributed by atoms with van der Waals surface area (Å²) in [5.74, 6) is 5.37. The van der Waals surface area contributed by atoms with E-state index in [4.69, 9.17) is 15.5 Å². The van der Waals surface area contributed by atoms with Gasteiger partial charge in [0, 0.05) is 12.7 Å². The average molecular weight is 270 g/mol. The number of hydrogen-bond acceptors (Lipinski definition) is 5. The maximum Gasteiger partial charge on any atom is 0.300 e. The standard InChI is InChI=1S/C14H14N4O2/c1-18(11-4-2-3-10(7-11)8-15)9-12-5-6-13(20-12)14(19)17-16/h2-7H,9,16H2,1H3,(H,17,19). The fourth-order valence-electron chi connectivity index (χ4n) is 1.79. The van der Waals surface area contributed by atoms with Gasteiger partial charge in [0.05, 0.1) is 18.2 Å². The fraction of sp³-hybridized carbons (Fsp3) is 0.143. The first kappa shape index (κ1) is 13.6. The molecule has 0 atom stereocenters. The summed E-state index contributed by atoms with van der Waals surface area (Å²) in [4.78, 5) is 13.2. The highest BCUT2D eigenvalue weighted by Crippen LogP contribution is 2.18. The second-order valence-electron chi connectivity index (χ2n) is 4.26. The van der Waals surface area contributed by atoms with Gasteiger partial charge in [0.15, 0.2) is 5.76 Å².